The van der Waals surface area contributed by atoms with Crippen molar-refractivity contribution in [3.63, 3.8) is 0 Å². The molecule has 1 heterocycles. The van der Waals surface area contributed by atoms with Gasteiger partial charge in [-0.05, 0) is 6.20 Å². The van der Waals surface area contributed by atoms with E-state index >= 15 is 0 Å². The zero-order valence-electron chi connectivity index (χ0n) is 5.64. The molecule has 0 saturated carbocycles. The van der Waals surface area contributed by atoms with E-state index in [0.717, 1.165) is 12.4 Å². The summed E-state index contributed by atoms with van der Waals surface area (Å²) in [6.45, 7) is 0.881. The van der Waals surface area contributed by atoms with Gasteiger partial charge in [-0.15, -0.1) is 0 Å². The van der Waals surface area contributed by atoms with Gasteiger partial charge in [0.1, 0.15) is 6.17 Å². The summed E-state index contributed by atoms with van der Waals surface area (Å²) < 4.78 is 7.01. The number of halogens is 2. The first kappa shape index (κ1) is 9.52. The van der Waals surface area contributed by atoms with E-state index in [1.165, 1.54) is 0 Å². The molecule has 0 bridgehead atoms. The van der Waals surface area contributed by atoms with Crippen LogP contribution in [0.15, 0.2) is 15.5 Å². The highest BCUT2D eigenvalue weighted by Crippen LogP contribution is 1.94. The molecule has 11 heavy (non-hydrogen) atoms. The van der Waals surface area contributed by atoms with Gasteiger partial charge in [-0.1, -0.05) is 6.08 Å². The second-order valence-electron chi connectivity index (χ2n) is 1.97. The fraction of sp³-hybridized carbons (Fsp3) is 0.400. The number of rotatable bonds is 1. The molecule has 4 nitrogen and oxygen atoms in total. The van der Waals surface area contributed by atoms with Crippen molar-refractivity contribution in [1.29, 1.82) is 0 Å². The number of nitrogens with one attached hydrogen (secondary N) is 3. The lowest BCUT2D eigenvalue weighted by molar-refractivity contribution is 0.584. The van der Waals surface area contributed by atoms with Gasteiger partial charge in [0.05, 0.1) is 45.7 Å². The Labute approximate surface area is 93.3 Å². The van der Waals surface area contributed by atoms with Crippen molar-refractivity contribution < 1.29 is 0 Å². The van der Waals surface area contributed by atoms with Crippen LogP contribution in [0.2, 0.25) is 0 Å². The molecule has 62 valence electrons. The zero-order valence-corrected chi connectivity index (χ0v) is 9.96. The van der Waals surface area contributed by atoms with Gasteiger partial charge in [-0.25, -0.2) is 0 Å². The summed E-state index contributed by atoms with van der Waals surface area (Å²) in [4.78, 5) is 0. The molecular formula is C5H8I2N4. The summed E-state index contributed by atoms with van der Waals surface area (Å²) in [5.41, 5.74) is 0. The molecule has 0 aromatic carbocycles. The van der Waals surface area contributed by atoms with Crippen LogP contribution in [-0.2, 0) is 0 Å². The number of hydrogen-bond acceptors (Lipinski definition) is 3. The van der Waals surface area contributed by atoms with Gasteiger partial charge in [0.25, 0.3) is 0 Å². The number of amidine groups is 1. The molecule has 3 N–H and O–H groups in total. The monoisotopic (exact) mass is 378 g/mol. The predicted octanol–water partition coefficient (Wildman–Crippen LogP) is 0.707. The van der Waals surface area contributed by atoms with Gasteiger partial charge in [-0.2, -0.15) is 3.21 Å². The predicted molar refractivity (Wildman–Crippen MR) is 62.7 cm³/mol. The molecule has 1 unspecified atom stereocenters. The molecule has 1 rings (SSSR count). The minimum atomic E-state index is 0.119. The molecule has 1 aliphatic rings. The topological polar surface area (TPSA) is 48.5 Å². The molecule has 0 aromatic heterocycles. The van der Waals surface area contributed by atoms with Crippen molar-refractivity contribution in [3.05, 3.63) is 12.3 Å². The largest absolute Gasteiger partial charge is 0.370 e. The molecule has 0 aliphatic carbocycles. The Morgan fingerprint density at radius 3 is 3.00 bits per heavy atom. The lowest BCUT2D eigenvalue weighted by Gasteiger charge is -2.21. The first-order valence-corrected chi connectivity index (χ1v) is 5.13. The van der Waals surface area contributed by atoms with Crippen molar-refractivity contribution in [2.45, 2.75) is 6.17 Å². The Balaban J connectivity index is 2.52. The molecule has 1 atom stereocenters. The van der Waals surface area contributed by atoms with Crippen LogP contribution < -0.4 is 14.2 Å². The van der Waals surface area contributed by atoms with Crippen molar-refractivity contribution in [3.8, 4) is 0 Å². The highest BCUT2D eigenvalue weighted by atomic mass is 127. The fourth-order valence-electron chi connectivity index (χ4n) is 0.763. The average Bonchev–Trinajstić information content (AvgIpc) is 2.09. The second kappa shape index (κ2) is 5.14. The Morgan fingerprint density at radius 1 is 1.73 bits per heavy atom. The maximum absolute atomic E-state index is 4.04. The summed E-state index contributed by atoms with van der Waals surface area (Å²) >= 11 is 4.03. The number of nitrogens with zero attached hydrogens (tertiary/aromatic N) is 1. The van der Waals surface area contributed by atoms with E-state index in [1.807, 2.05) is 35.1 Å². The van der Waals surface area contributed by atoms with Gasteiger partial charge in [0, 0.05) is 6.54 Å². The van der Waals surface area contributed by atoms with Crippen LogP contribution in [0.4, 0.5) is 0 Å². The van der Waals surface area contributed by atoms with Crippen LogP contribution in [0.5, 0.6) is 0 Å². The molecule has 6 heteroatoms. The first-order valence-electron chi connectivity index (χ1n) is 3.08. The third kappa shape index (κ3) is 2.75. The normalized spacial score (nSPS) is 24.5. The summed E-state index contributed by atoms with van der Waals surface area (Å²) in [5, 5.41) is 6.35. The lowest BCUT2D eigenvalue weighted by Crippen LogP contribution is -2.51. The van der Waals surface area contributed by atoms with Gasteiger partial charge in [0.15, 0.2) is 5.84 Å². The van der Waals surface area contributed by atoms with E-state index in [1.54, 1.807) is 0 Å². The molecule has 0 radical (unpaired) electrons. The minimum Gasteiger partial charge on any atom is -0.370 e. The first-order chi connectivity index (χ1) is 5.38. The standard InChI is InChI=1S/C5H8I2N4/c6-10-5(11-7)4-8-2-1-3-9-4/h1-2,4,8-9H,3H2,(H,10,11). The van der Waals surface area contributed by atoms with E-state index in [4.69, 9.17) is 0 Å². The van der Waals surface area contributed by atoms with Gasteiger partial charge >= 0.3 is 0 Å². The summed E-state index contributed by atoms with van der Waals surface area (Å²) in [5.74, 6) is 0.899. The van der Waals surface area contributed by atoms with Crippen LogP contribution in [0.1, 0.15) is 0 Å². The number of hydrogen-bond donors (Lipinski definition) is 3. The van der Waals surface area contributed by atoms with Crippen LogP contribution in [0.3, 0.4) is 0 Å². The van der Waals surface area contributed by atoms with Crippen LogP contribution in [-0.4, -0.2) is 18.5 Å². The maximum Gasteiger partial charge on any atom is 0.155 e. The van der Waals surface area contributed by atoms with E-state index in [-0.39, 0.29) is 6.17 Å². The fourth-order valence-corrected chi connectivity index (χ4v) is 2.06. The van der Waals surface area contributed by atoms with Gasteiger partial charge in [0.2, 0.25) is 0 Å². The second-order valence-corrected chi connectivity index (χ2v) is 3.00. The van der Waals surface area contributed by atoms with Crippen molar-refractivity contribution >= 4 is 51.6 Å². The van der Waals surface area contributed by atoms with Crippen molar-refractivity contribution in [1.82, 2.24) is 14.2 Å². The Morgan fingerprint density at radius 2 is 2.55 bits per heavy atom. The van der Waals surface area contributed by atoms with Crippen molar-refractivity contribution in [2.24, 2.45) is 3.21 Å². The Hall–Kier alpha value is 0.430. The summed E-state index contributed by atoms with van der Waals surface area (Å²) in [6, 6.07) is 0. The Kier molecular flexibility index (Phi) is 4.45. The van der Waals surface area contributed by atoms with Crippen LogP contribution in [0, 0.1) is 0 Å². The molecule has 0 aromatic rings. The smallest absolute Gasteiger partial charge is 0.155 e. The zero-order chi connectivity index (χ0) is 8.10. The highest BCUT2D eigenvalue weighted by molar-refractivity contribution is 14.1. The molecular weight excluding hydrogens is 370 g/mol. The van der Waals surface area contributed by atoms with E-state index in [2.05, 4.69) is 40.2 Å². The molecule has 0 fully saturated rings. The van der Waals surface area contributed by atoms with E-state index in [0.29, 0.717) is 0 Å². The van der Waals surface area contributed by atoms with Gasteiger partial charge in [-0.3, -0.25) is 5.32 Å². The van der Waals surface area contributed by atoms with Crippen molar-refractivity contribution in [2.75, 3.05) is 6.54 Å². The third-order valence-corrected chi connectivity index (χ3v) is 2.35. The molecule has 0 saturated heterocycles. The van der Waals surface area contributed by atoms with Crippen LogP contribution in [0.25, 0.3) is 0 Å². The van der Waals surface area contributed by atoms with Gasteiger partial charge < -0.3 is 8.85 Å². The summed E-state index contributed by atoms with van der Waals surface area (Å²) in [7, 11) is 0. The highest BCUT2D eigenvalue weighted by Gasteiger charge is 2.13. The molecule has 0 spiro atoms. The maximum atomic E-state index is 4.04. The lowest BCUT2D eigenvalue weighted by atomic mass is 10.4. The van der Waals surface area contributed by atoms with Crippen LogP contribution >= 0.6 is 45.7 Å². The van der Waals surface area contributed by atoms with E-state index < -0.39 is 0 Å². The minimum absolute atomic E-state index is 0.119. The summed E-state index contributed by atoms with van der Waals surface area (Å²) in [6.07, 6.45) is 4.07. The Bertz CT molecular complexity index is 179. The SMILES string of the molecule is IN=C(NI)C1NC=CCN1. The molecule has 1 aliphatic heterocycles. The molecule has 0 amide bonds. The average molecular weight is 378 g/mol. The van der Waals surface area contributed by atoms with E-state index in [9.17, 15) is 0 Å². The quantitative estimate of drug-likeness (QED) is 0.273. The third-order valence-electron chi connectivity index (χ3n) is 1.28.